The van der Waals surface area contributed by atoms with Crippen LogP contribution in [0.25, 0.3) is 0 Å². The molecule has 240 valence electrons. The highest BCUT2D eigenvalue weighted by Crippen LogP contribution is 2.58. The van der Waals surface area contributed by atoms with Gasteiger partial charge in [-0.05, 0) is 66.8 Å². The number of hydrogen-bond donors (Lipinski definition) is 0. The number of rotatable bonds is 8. The van der Waals surface area contributed by atoms with Gasteiger partial charge < -0.3 is 18.9 Å². The molecule has 6 atom stereocenters. The molecule has 0 N–H and O–H groups in total. The minimum Gasteiger partial charge on any atom is -0.418 e. The van der Waals surface area contributed by atoms with E-state index in [4.69, 9.17) is 18.9 Å². The molecule has 2 aliphatic heterocycles. The zero-order chi connectivity index (χ0) is 31.9. The fraction of sp³-hybridized carbons (Fsp3) is 0.600. The molecule has 0 radical (unpaired) electrons. The van der Waals surface area contributed by atoms with Crippen LogP contribution in [0.3, 0.4) is 0 Å². The number of hydrogen-bond acceptors (Lipinski definition) is 6. The van der Waals surface area contributed by atoms with Crippen LogP contribution in [-0.4, -0.2) is 44.2 Å². The summed E-state index contributed by atoms with van der Waals surface area (Å²) in [5, 5.41) is 0. The maximum absolute atomic E-state index is 14.4. The first-order valence-electron chi connectivity index (χ1n) is 15.5. The van der Waals surface area contributed by atoms with E-state index in [9.17, 15) is 22.8 Å². The molecule has 1 fully saturated rings. The SMILES string of the molecule is CO[C@@](C(=O)O[C@@H]1OC(=O)C=C1[C@H]1CC=C(CC[C@@]2(C)[C@@H](C)CC=C3[C@@H]2CCCC3(C)C)CO1)(c1ccccc1)C(F)(F)F. The number of ether oxygens (including phenoxy) is 4. The number of carbonyl (C=O) groups is 2. The highest BCUT2D eigenvalue weighted by Gasteiger charge is 2.65. The molecule has 0 unspecified atom stereocenters. The van der Waals surface area contributed by atoms with E-state index in [0.717, 1.165) is 50.2 Å². The van der Waals surface area contributed by atoms with E-state index in [-0.39, 0.29) is 16.4 Å². The monoisotopic (exact) mass is 616 g/mol. The van der Waals surface area contributed by atoms with Crippen molar-refractivity contribution < 1.29 is 41.7 Å². The quantitative estimate of drug-likeness (QED) is 0.220. The lowest BCUT2D eigenvalue weighted by Crippen LogP contribution is -2.52. The Morgan fingerprint density at radius 1 is 1.09 bits per heavy atom. The summed E-state index contributed by atoms with van der Waals surface area (Å²) in [6.45, 7) is 9.85. The molecular weight excluding hydrogens is 573 g/mol. The van der Waals surface area contributed by atoms with Crippen LogP contribution in [0.1, 0.15) is 78.2 Å². The maximum Gasteiger partial charge on any atom is 0.432 e. The van der Waals surface area contributed by atoms with E-state index in [2.05, 4.69) is 39.8 Å². The van der Waals surface area contributed by atoms with Crippen molar-refractivity contribution in [3.8, 4) is 0 Å². The lowest BCUT2D eigenvalue weighted by Gasteiger charge is -2.53. The largest absolute Gasteiger partial charge is 0.432 e. The molecule has 5 rings (SSSR count). The average molecular weight is 617 g/mol. The molecular formula is C35H43F3O6. The average Bonchev–Trinajstić information content (AvgIpc) is 3.34. The minimum atomic E-state index is -5.15. The predicted molar refractivity (Wildman–Crippen MR) is 158 cm³/mol. The topological polar surface area (TPSA) is 71.1 Å². The number of allylic oxidation sites excluding steroid dienone is 2. The van der Waals surface area contributed by atoms with Crippen molar-refractivity contribution in [1.29, 1.82) is 0 Å². The summed E-state index contributed by atoms with van der Waals surface area (Å²) >= 11 is 0. The van der Waals surface area contributed by atoms with Crippen molar-refractivity contribution in [3.63, 3.8) is 0 Å². The first-order valence-corrected chi connectivity index (χ1v) is 15.5. The number of esters is 2. The first-order chi connectivity index (χ1) is 20.7. The van der Waals surface area contributed by atoms with Gasteiger partial charge in [-0.25, -0.2) is 9.59 Å². The van der Waals surface area contributed by atoms with Gasteiger partial charge in [0.2, 0.25) is 0 Å². The van der Waals surface area contributed by atoms with E-state index >= 15 is 0 Å². The second-order valence-electron chi connectivity index (χ2n) is 13.6. The van der Waals surface area contributed by atoms with Crippen molar-refractivity contribution in [3.05, 3.63) is 70.8 Å². The molecule has 1 aromatic rings. The smallest absolute Gasteiger partial charge is 0.418 e. The van der Waals surface area contributed by atoms with Gasteiger partial charge in [-0.3, -0.25) is 0 Å². The lowest BCUT2D eigenvalue weighted by molar-refractivity contribution is -0.281. The Hall–Kier alpha value is -2.91. The summed E-state index contributed by atoms with van der Waals surface area (Å²) in [6.07, 6.45) is 5.30. The summed E-state index contributed by atoms with van der Waals surface area (Å²) in [5.74, 6) is -1.41. The van der Waals surface area contributed by atoms with Crippen molar-refractivity contribution in [2.24, 2.45) is 22.7 Å². The molecule has 2 heterocycles. The van der Waals surface area contributed by atoms with E-state index in [1.165, 1.54) is 37.5 Å². The molecule has 0 bridgehead atoms. The second kappa shape index (κ2) is 12.1. The zero-order valence-electron chi connectivity index (χ0n) is 26.2. The van der Waals surface area contributed by atoms with Crippen molar-refractivity contribution in [2.45, 2.75) is 96.8 Å². The van der Waals surface area contributed by atoms with Gasteiger partial charge in [-0.1, -0.05) is 82.2 Å². The Morgan fingerprint density at radius 3 is 2.45 bits per heavy atom. The predicted octanol–water partition coefficient (Wildman–Crippen LogP) is 7.74. The number of alkyl halides is 3. The van der Waals surface area contributed by atoms with Gasteiger partial charge in [0.1, 0.15) is 0 Å². The normalized spacial score (nSPS) is 31.5. The van der Waals surface area contributed by atoms with Crippen molar-refractivity contribution >= 4 is 11.9 Å². The van der Waals surface area contributed by atoms with Gasteiger partial charge in [0.25, 0.3) is 11.9 Å². The second-order valence-corrected chi connectivity index (χ2v) is 13.6. The molecule has 4 aliphatic rings. The van der Waals surface area contributed by atoms with Crippen LogP contribution < -0.4 is 0 Å². The zero-order valence-corrected chi connectivity index (χ0v) is 26.2. The van der Waals surface area contributed by atoms with Gasteiger partial charge >= 0.3 is 18.1 Å². The maximum atomic E-state index is 14.4. The van der Waals surface area contributed by atoms with Gasteiger partial charge in [-0.15, -0.1) is 0 Å². The van der Waals surface area contributed by atoms with Crippen molar-refractivity contribution in [1.82, 2.24) is 0 Å². The summed E-state index contributed by atoms with van der Waals surface area (Å²) in [6, 6.07) is 6.52. The van der Waals surface area contributed by atoms with Gasteiger partial charge in [0.15, 0.2) is 0 Å². The van der Waals surface area contributed by atoms with Crippen LogP contribution >= 0.6 is 0 Å². The molecule has 0 amide bonds. The van der Waals surface area contributed by atoms with Gasteiger partial charge in [0, 0.05) is 24.3 Å². The molecule has 6 nitrogen and oxygen atoms in total. The van der Waals surface area contributed by atoms with Crippen LogP contribution in [0.4, 0.5) is 13.2 Å². The number of fused-ring (bicyclic) bond motifs is 1. The number of methoxy groups -OCH3 is 1. The Labute approximate surface area is 257 Å². The minimum absolute atomic E-state index is 0.172. The molecule has 1 saturated carbocycles. The summed E-state index contributed by atoms with van der Waals surface area (Å²) in [7, 11) is 0.788. The van der Waals surface area contributed by atoms with E-state index in [1.54, 1.807) is 5.57 Å². The molecule has 1 aromatic carbocycles. The Morgan fingerprint density at radius 2 is 1.82 bits per heavy atom. The molecule has 9 heteroatoms. The van der Waals surface area contributed by atoms with Crippen LogP contribution in [0.2, 0.25) is 0 Å². The van der Waals surface area contributed by atoms with E-state index < -0.39 is 41.7 Å². The summed E-state index contributed by atoms with van der Waals surface area (Å²) in [4.78, 5) is 25.4. The third-order valence-electron chi connectivity index (χ3n) is 10.7. The molecule has 0 aromatic heterocycles. The molecule has 0 saturated heterocycles. The van der Waals surface area contributed by atoms with Crippen LogP contribution in [0, 0.1) is 22.7 Å². The standard InChI is InChI=1S/C35H43F3O6/c1-22-13-15-26-27(12-9-18-32(26,2)3)33(22,4)19-17-23-14-16-28(42-21-23)25-20-29(39)43-30(25)44-31(40)34(41-5,35(36,37)38)24-10-7-6-8-11-24/h6-8,10-11,14-15,20,22,27-28,30H,9,12-13,16-19,21H2,1-5H3/t22-,27-,28+,30-,33-,34+/m0/s1. The van der Waals surface area contributed by atoms with E-state index in [0.29, 0.717) is 24.9 Å². The summed E-state index contributed by atoms with van der Waals surface area (Å²) < 4.78 is 64.4. The number of cyclic esters (lactones) is 1. The lowest BCUT2D eigenvalue weighted by atomic mass is 9.52. The molecule has 44 heavy (non-hydrogen) atoms. The Balaban J connectivity index is 1.26. The molecule has 0 spiro atoms. The number of benzene rings is 1. The van der Waals surface area contributed by atoms with Crippen LogP contribution in [0.5, 0.6) is 0 Å². The number of halogens is 3. The van der Waals surface area contributed by atoms with E-state index in [1.807, 2.05) is 0 Å². The van der Waals surface area contributed by atoms with Gasteiger partial charge in [-0.2, -0.15) is 13.2 Å². The fourth-order valence-electron chi connectivity index (χ4n) is 7.72. The first kappa shape index (κ1) is 32.5. The van der Waals surface area contributed by atoms with Crippen LogP contribution in [0.15, 0.2) is 65.3 Å². The Bertz CT molecular complexity index is 1350. The van der Waals surface area contributed by atoms with Crippen molar-refractivity contribution in [2.75, 3.05) is 13.7 Å². The fourth-order valence-corrected chi connectivity index (χ4v) is 7.72. The number of carbonyl (C=O) groups excluding carboxylic acids is 2. The third kappa shape index (κ3) is 5.78. The highest BCUT2D eigenvalue weighted by atomic mass is 19.4. The Kier molecular flexibility index (Phi) is 8.95. The highest BCUT2D eigenvalue weighted by molar-refractivity contribution is 5.87. The van der Waals surface area contributed by atoms with Gasteiger partial charge in [0.05, 0.1) is 12.7 Å². The summed E-state index contributed by atoms with van der Waals surface area (Å²) in [5.41, 5.74) is -0.486. The third-order valence-corrected chi connectivity index (χ3v) is 10.7. The molecule has 2 aliphatic carbocycles. The van der Waals surface area contributed by atoms with Crippen LogP contribution in [-0.2, 0) is 34.1 Å².